The first-order valence-corrected chi connectivity index (χ1v) is 39.6. The molecule has 0 aliphatic carbocycles. The van der Waals surface area contributed by atoms with Gasteiger partial charge in [0.1, 0.15) is 73.7 Å². The van der Waals surface area contributed by atoms with E-state index in [1.165, 1.54) is 51.2 Å². The number of carboxylic acid groups (broad SMARTS) is 1. The van der Waals surface area contributed by atoms with Gasteiger partial charge in [-0.05, 0) is 208 Å². The van der Waals surface area contributed by atoms with Gasteiger partial charge in [-0.2, -0.15) is 0 Å². The van der Waals surface area contributed by atoms with Crippen LogP contribution in [0.15, 0.2) is 159 Å². The summed E-state index contributed by atoms with van der Waals surface area (Å²) in [6.07, 6.45) is 4.89. The Labute approximate surface area is 694 Å². The SMILES string of the molecule is Brc1ccc2c(c1)OCCCNC2.CC(C)(C)OC(=O)N1CCCOc2cc(Br)ccc2C1.COC(=O)c1ccc(Br)cc1O.COC(=O)c1ccc(Br)cc1OCCCCC(=O)OC(C)(C)C.COC(=O)c1ccc(Br)cc1OCCCN.O=C(O)c1ccc(Br)cc1O.O=C1NCCCOc2cc(Br)ccc21. The van der Waals surface area contributed by atoms with Crippen molar-refractivity contribution in [3.8, 4) is 40.2 Å². The minimum atomic E-state index is -1.13. The lowest BCUT2D eigenvalue weighted by Gasteiger charge is -2.29. The summed E-state index contributed by atoms with van der Waals surface area (Å²) in [5, 5.41) is 33.0. The predicted octanol–water partition coefficient (Wildman–Crippen LogP) is 18.1. The summed E-state index contributed by atoms with van der Waals surface area (Å²) in [6, 6.07) is 36.6. The lowest BCUT2D eigenvalue weighted by molar-refractivity contribution is -0.155. The molecule has 10 rings (SSSR count). The number of amides is 2. The maximum absolute atomic E-state index is 12.2. The number of aromatic carboxylic acids is 1. The number of carbonyl (C=O) groups excluding carboxylic acids is 6. The average molecular weight is 1960 g/mol. The second kappa shape index (κ2) is 49.0. The van der Waals surface area contributed by atoms with Crippen LogP contribution in [0.2, 0.25) is 0 Å². The van der Waals surface area contributed by atoms with Gasteiger partial charge >= 0.3 is 35.9 Å². The monoisotopic (exact) mass is 1960 g/mol. The molecule has 0 atom stereocenters. The molecule has 24 nitrogen and oxygen atoms in total. The highest BCUT2D eigenvalue weighted by Gasteiger charge is 2.25. The van der Waals surface area contributed by atoms with Gasteiger partial charge in [0.25, 0.3) is 5.91 Å². The molecule has 0 fully saturated rings. The molecule has 7 aromatic rings. The first-order valence-electron chi connectivity index (χ1n) is 34.1. The first-order chi connectivity index (χ1) is 51.6. The summed E-state index contributed by atoms with van der Waals surface area (Å²) in [5.74, 6) is 0.334. The van der Waals surface area contributed by atoms with Gasteiger partial charge in [0.2, 0.25) is 0 Å². The molecule has 3 aliphatic rings. The van der Waals surface area contributed by atoms with Crippen molar-refractivity contribution in [1.82, 2.24) is 15.5 Å². The number of benzene rings is 7. The van der Waals surface area contributed by atoms with E-state index in [1.807, 2.05) is 84.0 Å². The van der Waals surface area contributed by atoms with Crippen LogP contribution in [0, 0.1) is 0 Å². The highest BCUT2D eigenvalue weighted by atomic mass is 79.9. The molecule has 3 aliphatic heterocycles. The molecule has 0 saturated heterocycles. The number of phenols is 2. The van der Waals surface area contributed by atoms with Crippen molar-refractivity contribution in [2.75, 3.05) is 80.5 Å². The Balaban J connectivity index is 0.000000272. The second-order valence-corrected chi connectivity index (χ2v) is 31.8. The Morgan fingerprint density at radius 3 is 1.43 bits per heavy atom. The zero-order valence-electron chi connectivity index (χ0n) is 61.8. The van der Waals surface area contributed by atoms with Crippen LogP contribution in [0.5, 0.6) is 40.2 Å². The zero-order valence-corrected chi connectivity index (χ0v) is 72.9. The molecular weight excluding hydrogens is 1870 g/mol. The van der Waals surface area contributed by atoms with Gasteiger partial charge in [-0.25, -0.2) is 24.0 Å². The van der Waals surface area contributed by atoms with Crippen LogP contribution in [0.3, 0.4) is 0 Å². The number of hydrogen-bond donors (Lipinski definition) is 6. The third-order valence-corrected chi connectivity index (χ3v) is 17.8. The Bertz CT molecular complexity index is 4140. The van der Waals surface area contributed by atoms with Crippen LogP contribution in [-0.2, 0) is 41.6 Å². The Kier molecular flexibility index (Phi) is 42.2. The number of carboxylic acids is 1. The lowest BCUT2D eigenvalue weighted by Crippen LogP contribution is -2.38. The minimum Gasteiger partial charge on any atom is -0.507 e. The smallest absolute Gasteiger partial charge is 0.410 e. The summed E-state index contributed by atoms with van der Waals surface area (Å²) >= 11 is 23.1. The van der Waals surface area contributed by atoms with Crippen LogP contribution in [0.25, 0.3) is 0 Å². The van der Waals surface area contributed by atoms with E-state index < -0.39 is 35.1 Å². The van der Waals surface area contributed by atoms with Crippen molar-refractivity contribution in [3.05, 3.63) is 198 Å². The van der Waals surface area contributed by atoms with Crippen LogP contribution in [0.4, 0.5) is 4.79 Å². The van der Waals surface area contributed by atoms with Crippen LogP contribution in [-0.4, -0.2) is 154 Å². The summed E-state index contributed by atoms with van der Waals surface area (Å²) in [5.41, 5.74) is 8.15. The molecule has 3 heterocycles. The molecule has 7 aromatic carbocycles. The number of nitrogens with two attached hydrogens (primary N) is 1. The zero-order chi connectivity index (χ0) is 80.8. The summed E-state index contributed by atoms with van der Waals surface area (Å²) in [4.78, 5) is 81.5. The number of unbranched alkanes of at least 4 members (excludes halogenated alkanes) is 1. The molecule has 0 saturated carbocycles. The topological polar surface area (TPSA) is 326 Å². The van der Waals surface area contributed by atoms with E-state index >= 15 is 0 Å². The van der Waals surface area contributed by atoms with Crippen molar-refractivity contribution in [3.63, 3.8) is 0 Å². The first kappa shape index (κ1) is 93.9. The number of carbonyl (C=O) groups is 7. The number of halogens is 7. The molecule has 7 N–H and O–H groups in total. The number of rotatable bonds is 14. The highest BCUT2D eigenvalue weighted by molar-refractivity contribution is 9.11. The maximum atomic E-state index is 12.2. The molecule has 109 heavy (non-hydrogen) atoms. The fourth-order valence-electron chi connectivity index (χ4n) is 9.24. The molecule has 592 valence electrons. The normalized spacial score (nSPS) is 12.7. The van der Waals surface area contributed by atoms with Gasteiger partial charge in [0.05, 0.1) is 66.5 Å². The number of nitrogens with one attached hydrogen (secondary N) is 2. The molecule has 0 bridgehead atoms. The largest absolute Gasteiger partial charge is 0.507 e. The molecule has 31 heteroatoms. The lowest BCUT2D eigenvalue weighted by atomic mass is 10.1. The minimum absolute atomic E-state index is 0.0628. The van der Waals surface area contributed by atoms with E-state index in [9.17, 15) is 38.7 Å². The number of nitrogens with zero attached hydrogens (tertiary/aromatic N) is 1. The van der Waals surface area contributed by atoms with Crippen molar-refractivity contribution >= 4 is 153 Å². The Morgan fingerprint density at radius 2 is 0.927 bits per heavy atom. The molecular formula is C78H91Br7N4O20. The van der Waals surface area contributed by atoms with Crippen molar-refractivity contribution in [1.29, 1.82) is 0 Å². The number of ether oxygens (including phenoxy) is 10. The van der Waals surface area contributed by atoms with E-state index in [2.05, 4.69) is 138 Å². The van der Waals surface area contributed by atoms with E-state index in [4.69, 9.17) is 53.8 Å². The van der Waals surface area contributed by atoms with E-state index in [1.54, 1.807) is 59.5 Å². The van der Waals surface area contributed by atoms with Gasteiger partial charge in [-0.15, -0.1) is 0 Å². The van der Waals surface area contributed by atoms with Gasteiger partial charge in [-0.3, -0.25) is 9.59 Å². The third-order valence-electron chi connectivity index (χ3n) is 14.3. The standard InChI is InChI=1S/C17H23BrO5.C15H20BrNO3.C11H14BrNO3.C10H10BrNO2.C10H12BrNO.C8H7BrO3.C7H5BrO3/c1-17(2,3)23-15(19)7-5-6-10-22-14-11-12(18)8-9-13(14)16(20)21-4;1-15(2,3)20-14(18)17-7-4-8-19-13-9-12(16)6-5-11(13)10-17;1-15-11(14)9-4-3-8(12)7-10(9)16-6-2-5-13;11-7-2-3-8-9(6-7)14-5-1-4-12-10(8)13;11-9-3-2-8-7-12-4-1-5-13-10(8)6-9;1-12-8(11)6-3-2-5(9)4-7(6)10;8-4-1-2-5(7(10)11)6(9)3-4/h8-9,11H,5-7,10H2,1-4H3;5-6,9H,4,7-8,10H2,1-3H3;3-4,7H,2,5-6,13H2,1H3;2-3,6H,1,4-5H2,(H,12,13);2-3,6,12H,1,4-5,7H2;2-4,10H,1H3;1-3,9H,(H,10,11). The van der Waals surface area contributed by atoms with E-state index in [-0.39, 0.29) is 40.6 Å². The molecule has 0 unspecified atom stereocenters. The molecule has 0 spiro atoms. The highest BCUT2D eigenvalue weighted by Crippen LogP contribution is 2.32. The average Bonchev–Trinajstić information content (AvgIpc) is 0.853. The number of esters is 4. The third kappa shape index (κ3) is 36.0. The van der Waals surface area contributed by atoms with E-state index in [0.29, 0.717) is 115 Å². The van der Waals surface area contributed by atoms with Crippen molar-refractivity contribution < 1.29 is 96.2 Å². The fraction of sp³-hybridized carbons (Fsp3) is 0.372. The Morgan fingerprint density at radius 1 is 0.505 bits per heavy atom. The number of phenolic OH excluding ortho intramolecular Hbond substituents is 1. The molecule has 2 amide bonds. The van der Waals surface area contributed by atoms with Gasteiger partial charge in [0.15, 0.2) is 0 Å². The number of fused-ring (bicyclic) bond motifs is 3. The van der Waals surface area contributed by atoms with Gasteiger partial charge < -0.3 is 84.0 Å². The summed E-state index contributed by atoms with van der Waals surface area (Å²) in [7, 11) is 3.94. The Hall–Kier alpha value is -7.49. The van der Waals surface area contributed by atoms with E-state index in [0.717, 1.165) is 84.8 Å². The molecule has 0 aromatic heterocycles. The van der Waals surface area contributed by atoms with Gasteiger partial charge in [0, 0.05) is 68.5 Å². The van der Waals surface area contributed by atoms with Crippen molar-refractivity contribution in [2.45, 2.75) is 111 Å². The predicted molar refractivity (Wildman–Crippen MR) is 439 cm³/mol. The van der Waals surface area contributed by atoms with Crippen LogP contribution in [0.1, 0.15) is 149 Å². The van der Waals surface area contributed by atoms with Crippen LogP contribution < -0.4 is 40.1 Å². The number of hydrogen-bond acceptors (Lipinski definition) is 21. The van der Waals surface area contributed by atoms with Crippen molar-refractivity contribution in [2.24, 2.45) is 5.73 Å². The second-order valence-electron chi connectivity index (χ2n) is 25.4. The number of aromatic hydroxyl groups is 2. The maximum Gasteiger partial charge on any atom is 0.410 e. The van der Waals surface area contributed by atoms with Gasteiger partial charge in [-0.1, -0.05) is 124 Å². The summed E-state index contributed by atoms with van der Waals surface area (Å²) < 4.78 is 58.5. The quantitative estimate of drug-likeness (QED) is 0.0335. The summed E-state index contributed by atoms with van der Waals surface area (Å²) in [6.45, 7) is 18.4. The number of methoxy groups -OCH3 is 3. The fourth-order valence-corrected chi connectivity index (χ4v) is 11.6. The van der Waals surface area contributed by atoms with Crippen LogP contribution >= 0.6 is 112 Å². The molecule has 0 radical (unpaired) electrons.